The Bertz CT molecular complexity index is 288. The Kier molecular flexibility index (Phi) is 5.61. The van der Waals surface area contributed by atoms with E-state index in [-0.39, 0.29) is 12.6 Å². The van der Waals surface area contributed by atoms with E-state index in [1.54, 1.807) is 11.3 Å². The maximum atomic E-state index is 9.17. The summed E-state index contributed by atoms with van der Waals surface area (Å²) in [6.07, 6.45) is 0.996. The molecule has 0 saturated carbocycles. The Hall–Kier alpha value is -0.0900. The predicted molar refractivity (Wildman–Crippen MR) is 66.5 cm³/mol. The Morgan fingerprint density at radius 2 is 2.20 bits per heavy atom. The quantitative estimate of drug-likeness (QED) is 0.810. The van der Waals surface area contributed by atoms with Crippen molar-refractivity contribution >= 4 is 22.9 Å². The van der Waals surface area contributed by atoms with E-state index in [1.165, 1.54) is 4.88 Å². The first-order chi connectivity index (χ1) is 7.11. The highest BCUT2D eigenvalue weighted by Crippen LogP contribution is 2.21. The number of hydrogen-bond acceptors (Lipinski definition) is 3. The summed E-state index contributed by atoms with van der Waals surface area (Å²) >= 11 is 7.42. The maximum absolute atomic E-state index is 9.17. The summed E-state index contributed by atoms with van der Waals surface area (Å²) < 4.78 is 0.816. The minimum Gasteiger partial charge on any atom is -0.395 e. The Balaban J connectivity index is 2.34. The molecule has 86 valence electrons. The molecule has 0 radical (unpaired) electrons. The highest BCUT2D eigenvalue weighted by atomic mass is 35.5. The topological polar surface area (TPSA) is 32.3 Å². The van der Waals surface area contributed by atoms with Crippen LogP contribution in [0.3, 0.4) is 0 Å². The van der Waals surface area contributed by atoms with Gasteiger partial charge in [0.25, 0.3) is 0 Å². The largest absolute Gasteiger partial charge is 0.395 e. The van der Waals surface area contributed by atoms with E-state index in [0.29, 0.717) is 5.92 Å². The van der Waals surface area contributed by atoms with Gasteiger partial charge >= 0.3 is 0 Å². The van der Waals surface area contributed by atoms with Gasteiger partial charge in [-0.05, 0) is 24.5 Å². The monoisotopic (exact) mass is 247 g/mol. The molecular formula is C11H18ClNOS. The molecule has 0 spiro atoms. The van der Waals surface area contributed by atoms with Gasteiger partial charge in [-0.25, -0.2) is 0 Å². The number of nitrogens with one attached hydrogen (secondary N) is 1. The van der Waals surface area contributed by atoms with E-state index >= 15 is 0 Å². The lowest BCUT2D eigenvalue weighted by Gasteiger charge is -2.17. The molecular weight excluding hydrogens is 230 g/mol. The normalized spacial score (nSPS) is 13.4. The van der Waals surface area contributed by atoms with Crippen LogP contribution in [0.25, 0.3) is 0 Å². The minimum atomic E-state index is 0.186. The molecule has 1 unspecified atom stereocenters. The maximum Gasteiger partial charge on any atom is 0.0931 e. The van der Waals surface area contributed by atoms with Crippen molar-refractivity contribution < 1.29 is 5.11 Å². The molecule has 1 aromatic rings. The van der Waals surface area contributed by atoms with Gasteiger partial charge in [0, 0.05) is 17.5 Å². The van der Waals surface area contributed by atoms with Gasteiger partial charge in [0.05, 0.1) is 10.9 Å². The molecule has 15 heavy (non-hydrogen) atoms. The van der Waals surface area contributed by atoms with Gasteiger partial charge in [-0.3, -0.25) is 0 Å². The Morgan fingerprint density at radius 3 is 2.67 bits per heavy atom. The first-order valence-corrected chi connectivity index (χ1v) is 6.39. The SMILES string of the molecule is CC(C)CC(CO)NCc1ccc(Cl)s1. The molecule has 2 N–H and O–H groups in total. The number of rotatable bonds is 6. The summed E-state index contributed by atoms with van der Waals surface area (Å²) in [6.45, 7) is 5.30. The molecule has 0 fully saturated rings. The summed E-state index contributed by atoms with van der Waals surface area (Å²) in [4.78, 5) is 1.21. The second-order valence-corrected chi connectivity index (χ2v) is 5.90. The summed E-state index contributed by atoms with van der Waals surface area (Å²) in [5, 5.41) is 12.5. The van der Waals surface area contributed by atoms with E-state index < -0.39 is 0 Å². The van der Waals surface area contributed by atoms with E-state index in [4.69, 9.17) is 11.6 Å². The number of thiophene rings is 1. The molecule has 0 aliphatic rings. The Morgan fingerprint density at radius 1 is 1.47 bits per heavy atom. The lowest BCUT2D eigenvalue weighted by molar-refractivity contribution is 0.224. The highest BCUT2D eigenvalue weighted by molar-refractivity contribution is 7.16. The standard InChI is InChI=1S/C11H18ClNOS/c1-8(2)5-9(7-14)13-6-10-3-4-11(12)15-10/h3-4,8-9,13-14H,5-7H2,1-2H3. The van der Waals surface area contributed by atoms with Gasteiger partial charge in [0.15, 0.2) is 0 Å². The third-order valence-corrected chi connectivity index (χ3v) is 3.40. The summed E-state index contributed by atoms with van der Waals surface area (Å²) in [7, 11) is 0. The summed E-state index contributed by atoms with van der Waals surface area (Å²) in [5.41, 5.74) is 0. The van der Waals surface area contributed by atoms with Crippen LogP contribution in [0.1, 0.15) is 25.1 Å². The van der Waals surface area contributed by atoms with Gasteiger partial charge in [-0.15, -0.1) is 11.3 Å². The van der Waals surface area contributed by atoms with Crippen molar-refractivity contribution in [1.82, 2.24) is 5.32 Å². The summed E-state index contributed by atoms with van der Waals surface area (Å²) in [6, 6.07) is 4.11. The molecule has 0 aromatic carbocycles. The average Bonchev–Trinajstić information content (AvgIpc) is 2.58. The predicted octanol–water partition coefficient (Wildman–Crippen LogP) is 2.90. The molecule has 0 amide bonds. The second kappa shape index (κ2) is 6.48. The van der Waals surface area contributed by atoms with Gasteiger partial charge < -0.3 is 10.4 Å². The molecule has 1 rings (SSSR count). The molecule has 1 aromatic heterocycles. The van der Waals surface area contributed by atoms with Gasteiger partial charge in [0.2, 0.25) is 0 Å². The molecule has 1 heterocycles. The van der Waals surface area contributed by atoms with Crippen LogP contribution in [-0.4, -0.2) is 17.8 Å². The third kappa shape index (κ3) is 4.98. The molecule has 1 atom stereocenters. The van der Waals surface area contributed by atoms with Crippen LogP contribution < -0.4 is 5.32 Å². The zero-order chi connectivity index (χ0) is 11.3. The van der Waals surface area contributed by atoms with Crippen LogP contribution in [0.2, 0.25) is 4.34 Å². The van der Waals surface area contributed by atoms with E-state index in [2.05, 4.69) is 19.2 Å². The van der Waals surface area contributed by atoms with Crippen molar-refractivity contribution in [1.29, 1.82) is 0 Å². The zero-order valence-electron chi connectivity index (χ0n) is 9.16. The molecule has 0 aliphatic heterocycles. The number of halogens is 1. The third-order valence-electron chi connectivity index (χ3n) is 2.17. The van der Waals surface area contributed by atoms with Crippen molar-refractivity contribution in [2.75, 3.05) is 6.61 Å². The smallest absolute Gasteiger partial charge is 0.0931 e. The summed E-state index contributed by atoms with van der Waals surface area (Å²) in [5.74, 6) is 0.599. The number of hydrogen-bond donors (Lipinski definition) is 2. The fourth-order valence-electron chi connectivity index (χ4n) is 1.48. The fraction of sp³-hybridized carbons (Fsp3) is 0.636. The van der Waals surface area contributed by atoms with Gasteiger partial charge in [-0.1, -0.05) is 25.4 Å². The van der Waals surface area contributed by atoms with Gasteiger partial charge in [0.1, 0.15) is 0 Å². The van der Waals surface area contributed by atoms with Crippen LogP contribution in [0.4, 0.5) is 0 Å². The molecule has 0 bridgehead atoms. The number of aliphatic hydroxyl groups excluding tert-OH is 1. The van der Waals surface area contributed by atoms with Crippen LogP contribution >= 0.6 is 22.9 Å². The van der Waals surface area contributed by atoms with Crippen LogP contribution in [0, 0.1) is 5.92 Å². The van der Waals surface area contributed by atoms with Gasteiger partial charge in [-0.2, -0.15) is 0 Å². The zero-order valence-corrected chi connectivity index (χ0v) is 10.7. The first-order valence-electron chi connectivity index (χ1n) is 5.20. The van der Waals surface area contributed by atoms with E-state index in [9.17, 15) is 5.11 Å². The average molecular weight is 248 g/mol. The van der Waals surface area contributed by atoms with Crippen molar-refractivity contribution in [3.8, 4) is 0 Å². The fourth-order valence-corrected chi connectivity index (χ4v) is 2.52. The lowest BCUT2D eigenvalue weighted by Crippen LogP contribution is -2.32. The first kappa shape index (κ1) is 13.0. The van der Waals surface area contributed by atoms with Crippen LogP contribution in [0.5, 0.6) is 0 Å². The molecule has 0 saturated heterocycles. The van der Waals surface area contributed by atoms with Crippen molar-refractivity contribution in [2.24, 2.45) is 5.92 Å². The highest BCUT2D eigenvalue weighted by Gasteiger charge is 2.09. The van der Waals surface area contributed by atoms with Crippen LogP contribution in [0.15, 0.2) is 12.1 Å². The molecule has 4 heteroatoms. The van der Waals surface area contributed by atoms with E-state index in [1.807, 2.05) is 12.1 Å². The van der Waals surface area contributed by atoms with Crippen molar-refractivity contribution in [3.63, 3.8) is 0 Å². The molecule has 2 nitrogen and oxygen atoms in total. The second-order valence-electron chi connectivity index (χ2n) is 4.10. The molecule has 0 aliphatic carbocycles. The van der Waals surface area contributed by atoms with Crippen LogP contribution in [-0.2, 0) is 6.54 Å². The minimum absolute atomic E-state index is 0.186. The Labute approximate surface area is 100 Å². The lowest BCUT2D eigenvalue weighted by atomic mass is 10.0. The van der Waals surface area contributed by atoms with E-state index in [0.717, 1.165) is 17.3 Å². The number of aliphatic hydroxyl groups is 1. The van der Waals surface area contributed by atoms with Crippen molar-refractivity contribution in [2.45, 2.75) is 32.9 Å². The van der Waals surface area contributed by atoms with Crippen molar-refractivity contribution in [3.05, 3.63) is 21.3 Å².